The molecule has 0 fully saturated rings. The molecule has 0 aliphatic rings. The largest absolute Gasteiger partial charge is 0.348 e. The fourth-order valence-electron chi connectivity index (χ4n) is 0.974. The predicted molar refractivity (Wildman–Crippen MR) is 61.8 cm³/mol. The Morgan fingerprint density at radius 2 is 2.27 bits per heavy atom. The van der Waals surface area contributed by atoms with E-state index in [0.29, 0.717) is 6.54 Å². The highest BCUT2D eigenvalue weighted by molar-refractivity contribution is 7.09. The van der Waals surface area contributed by atoms with Crippen molar-refractivity contribution >= 4 is 17.2 Å². The molecule has 0 atom stereocenters. The molecule has 15 heavy (non-hydrogen) atoms. The Hall–Kier alpha value is -0.940. The van der Waals surface area contributed by atoms with Gasteiger partial charge in [-0.1, -0.05) is 0 Å². The van der Waals surface area contributed by atoms with Gasteiger partial charge in [-0.25, -0.2) is 4.98 Å². The number of aromatic nitrogens is 1. The first-order valence-electron chi connectivity index (χ1n) is 4.84. The first-order chi connectivity index (χ1) is 6.95. The van der Waals surface area contributed by atoms with Gasteiger partial charge in [0.05, 0.1) is 12.1 Å². The van der Waals surface area contributed by atoms with Crippen molar-refractivity contribution in [3.8, 4) is 0 Å². The van der Waals surface area contributed by atoms with E-state index in [1.54, 1.807) is 18.4 Å². The van der Waals surface area contributed by atoms with Gasteiger partial charge < -0.3 is 10.6 Å². The van der Waals surface area contributed by atoms with E-state index in [4.69, 9.17) is 0 Å². The fraction of sp³-hybridized carbons (Fsp3) is 0.600. The molecule has 0 saturated heterocycles. The van der Waals surface area contributed by atoms with Gasteiger partial charge in [-0.3, -0.25) is 4.79 Å². The molecule has 4 nitrogen and oxygen atoms in total. The van der Waals surface area contributed by atoms with E-state index in [0.717, 1.165) is 10.7 Å². The number of hydrogen-bond donors (Lipinski definition) is 2. The number of aryl methyl sites for hydroxylation is 1. The molecular weight excluding hydrogens is 210 g/mol. The lowest BCUT2D eigenvalue weighted by Crippen LogP contribution is -2.50. The zero-order chi connectivity index (χ0) is 11.5. The summed E-state index contributed by atoms with van der Waals surface area (Å²) in [7, 11) is 1.77. The zero-order valence-electron chi connectivity index (χ0n) is 9.55. The van der Waals surface area contributed by atoms with Crippen LogP contribution in [0.3, 0.4) is 0 Å². The Morgan fingerprint density at radius 3 is 2.73 bits per heavy atom. The first-order valence-corrected chi connectivity index (χ1v) is 5.72. The third-order valence-electron chi connectivity index (χ3n) is 2.26. The van der Waals surface area contributed by atoms with Crippen LogP contribution in [0.4, 0.5) is 0 Å². The molecule has 2 N–H and O–H groups in total. The highest BCUT2D eigenvalue weighted by Gasteiger charge is 2.24. The van der Waals surface area contributed by atoms with Gasteiger partial charge in [0, 0.05) is 11.1 Å². The summed E-state index contributed by atoms with van der Waals surface area (Å²) in [6.45, 7) is 6.13. The summed E-state index contributed by atoms with van der Waals surface area (Å²) in [5.41, 5.74) is 0.462. The van der Waals surface area contributed by atoms with Crippen LogP contribution in [0.2, 0.25) is 0 Å². The highest BCUT2D eigenvalue weighted by Crippen LogP contribution is 2.08. The van der Waals surface area contributed by atoms with Crippen LogP contribution in [0.1, 0.15) is 24.5 Å². The second-order valence-corrected chi connectivity index (χ2v) is 4.88. The molecule has 1 heterocycles. The quantitative estimate of drug-likeness (QED) is 0.809. The lowest BCUT2D eigenvalue weighted by Gasteiger charge is -2.22. The fourth-order valence-corrected chi connectivity index (χ4v) is 1.69. The molecule has 5 heteroatoms. The third-order valence-corrected chi connectivity index (χ3v) is 3.23. The molecule has 0 unspecified atom stereocenters. The van der Waals surface area contributed by atoms with Gasteiger partial charge in [-0.15, -0.1) is 11.3 Å². The van der Waals surface area contributed by atoms with E-state index in [9.17, 15) is 4.79 Å². The van der Waals surface area contributed by atoms with Crippen LogP contribution in [-0.2, 0) is 11.3 Å². The number of thiazole rings is 1. The van der Waals surface area contributed by atoms with Crippen molar-refractivity contribution in [2.75, 3.05) is 7.05 Å². The average Bonchev–Trinajstić information content (AvgIpc) is 2.60. The van der Waals surface area contributed by atoms with E-state index in [1.165, 1.54) is 0 Å². The lowest BCUT2D eigenvalue weighted by atomic mass is 10.1. The molecule has 0 spiro atoms. The van der Waals surface area contributed by atoms with Gasteiger partial charge in [-0.2, -0.15) is 0 Å². The number of nitrogens with zero attached hydrogens (tertiary/aromatic N) is 1. The van der Waals surface area contributed by atoms with Gasteiger partial charge in [-0.05, 0) is 27.8 Å². The monoisotopic (exact) mass is 227 g/mol. The second-order valence-electron chi connectivity index (χ2n) is 3.94. The van der Waals surface area contributed by atoms with Crippen LogP contribution in [0.15, 0.2) is 5.38 Å². The van der Waals surface area contributed by atoms with Gasteiger partial charge in [0.2, 0.25) is 5.91 Å². The molecular formula is C10H17N3OS. The van der Waals surface area contributed by atoms with Gasteiger partial charge >= 0.3 is 0 Å². The van der Waals surface area contributed by atoms with E-state index in [1.807, 2.05) is 26.2 Å². The summed E-state index contributed by atoms with van der Waals surface area (Å²) in [6.07, 6.45) is 0. The average molecular weight is 227 g/mol. The van der Waals surface area contributed by atoms with Crippen LogP contribution in [0, 0.1) is 6.92 Å². The normalized spacial score (nSPS) is 11.5. The van der Waals surface area contributed by atoms with Crippen molar-refractivity contribution in [2.45, 2.75) is 32.9 Å². The van der Waals surface area contributed by atoms with Crippen LogP contribution < -0.4 is 10.6 Å². The molecule has 1 aromatic rings. The SMILES string of the molecule is CNC(C)(C)C(=O)NCc1nc(C)cs1. The minimum atomic E-state index is -0.535. The number of carbonyl (C=O) groups is 1. The number of likely N-dealkylation sites (N-methyl/N-ethyl adjacent to an activating group) is 1. The summed E-state index contributed by atoms with van der Waals surface area (Å²) >= 11 is 1.56. The van der Waals surface area contributed by atoms with Gasteiger partial charge in [0.1, 0.15) is 5.01 Å². The summed E-state index contributed by atoms with van der Waals surface area (Å²) in [5.74, 6) is -0.0159. The Kier molecular flexibility index (Phi) is 3.82. The molecule has 0 bridgehead atoms. The van der Waals surface area contributed by atoms with Gasteiger partial charge in [0.25, 0.3) is 0 Å². The molecule has 1 rings (SSSR count). The maximum atomic E-state index is 11.7. The molecule has 0 aliphatic heterocycles. The van der Waals surface area contributed by atoms with E-state index in [2.05, 4.69) is 15.6 Å². The Bertz CT molecular complexity index is 346. The Labute approximate surface area is 94.1 Å². The summed E-state index contributed by atoms with van der Waals surface area (Å²) in [4.78, 5) is 16.0. The summed E-state index contributed by atoms with van der Waals surface area (Å²) < 4.78 is 0. The van der Waals surface area contributed by atoms with Crippen molar-refractivity contribution in [3.63, 3.8) is 0 Å². The topological polar surface area (TPSA) is 54.0 Å². The molecule has 0 saturated carbocycles. The highest BCUT2D eigenvalue weighted by atomic mass is 32.1. The number of hydrogen-bond acceptors (Lipinski definition) is 4. The minimum Gasteiger partial charge on any atom is -0.348 e. The van der Waals surface area contributed by atoms with E-state index in [-0.39, 0.29) is 5.91 Å². The Morgan fingerprint density at radius 1 is 1.60 bits per heavy atom. The first kappa shape index (κ1) is 12.1. The maximum Gasteiger partial charge on any atom is 0.240 e. The van der Waals surface area contributed by atoms with Crippen molar-refractivity contribution in [1.29, 1.82) is 0 Å². The smallest absolute Gasteiger partial charge is 0.240 e. The lowest BCUT2D eigenvalue weighted by molar-refractivity contribution is -0.126. The molecule has 1 amide bonds. The van der Waals surface area contributed by atoms with Crippen molar-refractivity contribution in [3.05, 3.63) is 16.1 Å². The van der Waals surface area contributed by atoms with Crippen LogP contribution in [0.25, 0.3) is 0 Å². The Balaban J connectivity index is 2.47. The van der Waals surface area contributed by atoms with Crippen molar-refractivity contribution in [1.82, 2.24) is 15.6 Å². The minimum absolute atomic E-state index is 0.0159. The van der Waals surface area contributed by atoms with Crippen molar-refractivity contribution < 1.29 is 4.79 Å². The number of carbonyl (C=O) groups excluding carboxylic acids is 1. The molecule has 0 aromatic carbocycles. The molecule has 1 aromatic heterocycles. The third kappa shape index (κ3) is 3.28. The predicted octanol–water partition coefficient (Wildman–Crippen LogP) is 1.07. The standard InChI is InChI=1S/C10H17N3OS/c1-7-6-15-8(13-7)5-12-9(14)10(2,3)11-4/h6,11H,5H2,1-4H3,(H,12,14). The summed E-state index contributed by atoms with van der Waals surface area (Å²) in [6, 6.07) is 0. The van der Waals surface area contributed by atoms with E-state index < -0.39 is 5.54 Å². The van der Waals surface area contributed by atoms with Crippen LogP contribution in [-0.4, -0.2) is 23.5 Å². The second kappa shape index (κ2) is 4.72. The number of nitrogens with one attached hydrogen (secondary N) is 2. The maximum absolute atomic E-state index is 11.7. The number of amides is 1. The molecule has 84 valence electrons. The van der Waals surface area contributed by atoms with Crippen molar-refractivity contribution in [2.24, 2.45) is 0 Å². The zero-order valence-corrected chi connectivity index (χ0v) is 10.4. The number of rotatable bonds is 4. The molecule has 0 radical (unpaired) electrons. The van der Waals surface area contributed by atoms with Gasteiger partial charge in [0.15, 0.2) is 0 Å². The van der Waals surface area contributed by atoms with Crippen LogP contribution >= 0.6 is 11.3 Å². The molecule has 0 aliphatic carbocycles. The van der Waals surface area contributed by atoms with E-state index >= 15 is 0 Å². The summed E-state index contributed by atoms with van der Waals surface area (Å²) in [5, 5.41) is 8.72. The van der Waals surface area contributed by atoms with Crippen LogP contribution in [0.5, 0.6) is 0 Å².